The molecule has 1 atom stereocenters. The third kappa shape index (κ3) is 2.31. The third-order valence-electron chi connectivity index (χ3n) is 4.36. The number of anilines is 1. The first kappa shape index (κ1) is 14.3. The van der Waals surface area contributed by atoms with Crippen molar-refractivity contribution in [2.24, 2.45) is 0 Å². The van der Waals surface area contributed by atoms with E-state index in [4.69, 9.17) is 11.6 Å². The van der Waals surface area contributed by atoms with E-state index in [2.05, 4.69) is 4.98 Å². The molecular weight excluding hydrogens is 312 g/mol. The number of nitrogens with one attached hydrogen (secondary N) is 1. The summed E-state index contributed by atoms with van der Waals surface area (Å²) in [7, 11) is 0. The lowest BCUT2D eigenvalue weighted by atomic mass is 10.1. The van der Waals surface area contributed by atoms with Crippen LogP contribution in [0.5, 0.6) is 0 Å². The van der Waals surface area contributed by atoms with Crippen LogP contribution in [-0.2, 0) is 11.2 Å². The molecule has 1 unspecified atom stereocenters. The smallest absolute Gasteiger partial charge is 0.260 e. The average Bonchev–Trinajstić information content (AvgIpc) is 3.06. The molecule has 0 spiro atoms. The zero-order valence-corrected chi connectivity index (χ0v) is 13.0. The fraction of sp³-hybridized carbons (Fsp3) is 0.167. The Morgan fingerprint density at radius 2 is 2.04 bits per heavy atom. The highest BCUT2D eigenvalue weighted by Gasteiger charge is 2.35. The normalized spacial score (nSPS) is 17.0. The van der Waals surface area contributed by atoms with E-state index in [0.717, 1.165) is 22.2 Å². The predicted molar refractivity (Wildman–Crippen MR) is 90.8 cm³/mol. The number of aliphatic hydroxyl groups is 1. The van der Waals surface area contributed by atoms with Gasteiger partial charge in [0.05, 0.1) is 5.69 Å². The van der Waals surface area contributed by atoms with Gasteiger partial charge in [0.15, 0.2) is 6.10 Å². The summed E-state index contributed by atoms with van der Waals surface area (Å²) in [5, 5.41) is 11.8. The summed E-state index contributed by atoms with van der Waals surface area (Å²) in [5.41, 5.74) is 3.61. The van der Waals surface area contributed by atoms with Gasteiger partial charge >= 0.3 is 0 Å². The van der Waals surface area contributed by atoms with Crippen molar-refractivity contribution in [1.29, 1.82) is 0 Å². The molecule has 0 radical (unpaired) electrons. The number of carbonyl (C=O) groups excluding carboxylic acids is 1. The van der Waals surface area contributed by atoms with Gasteiger partial charge in [-0.2, -0.15) is 0 Å². The van der Waals surface area contributed by atoms with E-state index in [1.54, 1.807) is 11.0 Å². The van der Waals surface area contributed by atoms with Crippen LogP contribution in [0.15, 0.2) is 48.7 Å². The van der Waals surface area contributed by atoms with Gasteiger partial charge in [0.2, 0.25) is 0 Å². The number of H-pyrrole nitrogens is 1. The maximum absolute atomic E-state index is 12.3. The fourth-order valence-electron chi connectivity index (χ4n) is 3.18. The lowest BCUT2D eigenvalue weighted by Crippen LogP contribution is -2.30. The number of amides is 1. The lowest BCUT2D eigenvalue weighted by Gasteiger charge is -2.17. The molecule has 0 bridgehead atoms. The number of hydrogen-bond acceptors (Lipinski definition) is 2. The Bertz CT molecular complexity index is 903. The summed E-state index contributed by atoms with van der Waals surface area (Å²) in [4.78, 5) is 17.2. The van der Waals surface area contributed by atoms with E-state index in [1.807, 2.05) is 42.6 Å². The highest BCUT2D eigenvalue weighted by molar-refractivity contribution is 6.31. The van der Waals surface area contributed by atoms with Crippen molar-refractivity contribution >= 4 is 34.1 Å². The molecule has 0 aliphatic carbocycles. The maximum Gasteiger partial charge on any atom is 0.260 e. The summed E-state index contributed by atoms with van der Waals surface area (Å²) in [5.74, 6) is -0.260. The molecule has 2 heterocycles. The SMILES string of the molecule is O=C1C(O)c2ccccc2N1CCc1c[nH]c2ccc(Cl)cc12. The van der Waals surface area contributed by atoms with Gasteiger partial charge in [0.25, 0.3) is 5.91 Å². The second-order valence-electron chi connectivity index (χ2n) is 5.71. The number of benzene rings is 2. The Morgan fingerprint density at radius 1 is 1.22 bits per heavy atom. The van der Waals surface area contributed by atoms with Gasteiger partial charge in [-0.05, 0) is 36.2 Å². The van der Waals surface area contributed by atoms with E-state index in [-0.39, 0.29) is 5.91 Å². The number of aliphatic hydroxyl groups excluding tert-OH is 1. The highest BCUT2D eigenvalue weighted by atomic mass is 35.5. The largest absolute Gasteiger partial charge is 0.378 e. The summed E-state index contributed by atoms with van der Waals surface area (Å²) < 4.78 is 0. The molecule has 1 amide bonds. The quantitative estimate of drug-likeness (QED) is 0.774. The third-order valence-corrected chi connectivity index (χ3v) is 4.59. The molecule has 5 heteroatoms. The Kier molecular flexibility index (Phi) is 3.36. The van der Waals surface area contributed by atoms with Crippen molar-refractivity contribution < 1.29 is 9.90 Å². The van der Waals surface area contributed by atoms with E-state index in [0.29, 0.717) is 23.6 Å². The van der Waals surface area contributed by atoms with E-state index < -0.39 is 6.10 Å². The number of halogens is 1. The van der Waals surface area contributed by atoms with E-state index in [9.17, 15) is 9.90 Å². The van der Waals surface area contributed by atoms with Crippen molar-refractivity contribution in [3.05, 3.63) is 64.8 Å². The molecule has 0 saturated heterocycles. The fourth-order valence-corrected chi connectivity index (χ4v) is 3.36. The number of hydrogen-bond donors (Lipinski definition) is 2. The highest BCUT2D eigenvalue weighted by Crippen LogP contribution is 2.35. The average molecular weight is 327 g/mol. The first-order valence-electron chi connectivity index (χ1n) is 7.49. The van der Waals surface area contributed by atoms with Crippen LogP contribution in [-0.4, -0.2) is 22.5 Å². The van der Waals surface area contributed by atoms with Gasteiger partial charge in [-0.15, -0.1) is 0 Å². The number of nitrogens with zero attached hydrogens (tertiary/aromatic N) is 1. The zero-order valence-electron chi connectivity index (χ0n) is 12.3. The molecule has 0 saturated carbocycles. The molecule has 4 rings (SSSR count). The van der Waals surface area contributed by atoms with Crippen LogP contribution < -0.4 is 4.90 Å². The molecule has 116 valence electrons. The lowest BCUT2D eigenvalue weighted by molar-refractivity contribution is -0.125. The van der Waals surface area contributed by atoms with Gasteiger partial charge in [-0.25, -0.2) is 0 Å². The molecule has 1 aromatic heterocycles. The van der Waals surface area contributed by atoms with E-state index >= 15 is 0 Å². The van der Waals surface area contributed by atoms with Gasteiger partial charge < -0.3 is 15.0 Å². The van der Waals surface area contributed by atoms with Crippen LogP contribution in [0, 0.1) is 0 Å². The number of para-hydroxylation sites is 1. The second kappa shape index (κ2) is 5.41. The molecule has 4 nitrogen and oxygen atoms in total. The molecule has 1 aliphatic heterocycles. The topological polar surface area (TPSA) is 56.3 Å². The minimum absolute atomic E-state index is 0.260. The van der Waals surface area contributed by atoms with Crippen LogP contribution in [0.2, 0.25) is 5.02 Å². The van der Waals surface area contributed by atoms with Crippen LogP contribution in [0.3, 0.4) is 0 Å². The Hall–Kier alpha value is -2.30. The van der Waals surface area contributed by atoms with Gasteiger partial charge in [0.1, 0.15) is 0 Å². The monoisotopic (exact) mass is 326 g/mol. The molecule has 3 aromatic rings. The molecule has 1 aliphatic rings. The Morgan fingerprint density at radius 3 is 2.91 bits per heavy atom. The first-order chi connectivity index (χ1) is 11.1. The van der Waals surface area contributed by atoms with Crippen molar-refractivity contribution in [3.63, 3.8) is 0 Å². The number of aromatic amines is 1. The van der Waals surface area contributed by atoms with Crippen molar-refractivity contribution in [3.8, 4) is 0 Å². The number of carbonyl (C=O) groups is 1. The van der Waals surface area contributed by atoms with Crippen LogP contribution in [0.4, 0.5) is 5.69 Å². The summed E-state index contributed by atoms with van der Waals surface area (Å²) in [6, 6.07) is 13.1. The van der Waals surface area contributed by atoms with Gasteiger partial charge in [-0.1, -0.05) is 29.8 Å². The molecule has 23 heavy (non-hydrogen) atoms. The molecular formula is C18H15ClN2O2. The Labute approximate surface area is 138 Å². The van der Waals surface area contributed by atoms with E-state index in [1.165, 1.54) is 0 Å². The van der Waals surface area contributed by atoms with Crippen molar-refractivity contribution in [2.45, 2.75) is 12.5 Å². The van der Waals surface area contributed by atoms with Gasteiger partial charge in [0, 0.05) is 34.2 Å². The van der Waals surface area contributed by atoms with Crippen LogP contribution >= 0.6 is 11.6 Å². The van der Waals surface area contributed by atoms with Crippen molar-refractivity contribution in [1.82, 2.24) is 4.98 Å². The molecule has 2 N–H and O–H groups in total. The zero-order chi connectivity index (χ0) is 16.0. The first-order valence-corrected chi connectivity index (χ1v) is 7.87. The van der Waals surface area contributed by atoms with Gasteiger partial charge in [-0.3, -0.25) is 4.79 Å². The molecule has 0 fully saturated rings. The number of rotatable bonds is 3. The minimum atomic E-state index is -1.05. The van der Waals surface area contributed by atoms with Crippen LogP contribution in [0.25, 0.3) is 10.9 Å². The number of aromatic nitrogens is 1. The van der Waals surface area contributed by atoms with Crippen molar-refractivity contribution in [2.75, 3.05) is 11.4 Å². The minimum Gasteiger partial charge on any atom is -0.378 e. The second-order valence-corrected chi connectivity index (χ2v) is 6.14. The Balaban J connectivity index is 1.61. The maximum atomic E-state index is 12.3. The molecule has 2 aromatic carbocycles. The number of fused-ring (bicyclic) bond motifs is 2. The predicted octanol–water partition coefficient (Wildman–Crippen LogP) is 3.44. The summed E-state index contributed by atoms with van der Waals surface area (Å²) >= 11 is 6.07. The summed E-state index contributed by atoms with van der Waals surface area (Å²) in [6.07, 6.45) is 1.58. The summed E-state index contributed by atoms with van der Waals surface area (Å²) in [6.45, 7) is 0.520. The standard InChI is InChI=1S/C18H15ClN2O2/c19-12-5-6-15-14(9-12)11(10-20-15)7-8-21-16-4-2-1-3-13(16)17(22)18(21)23/h1-6,9-10,17,20,22H,7-8H2. The van der Waals surface area contributed by atoms with Crippen LogP contribution in [0.1, 0.15) is 17.2 Å².